The van der Waals surface area contributed by atoms with Crippen LogP contribution < -0.4 is 0 Å². The van der Waals surface area contributed by atoms with Crippen LogP contribution in [0.25, 0.3) is 11.0 Å². The lowest BCUT2D eigenvalue weighted by molar-refractivity contribution is 0.763. The fraction of sp³-hybridized carbons (Fsp3) is 0.167. The van der Waals surface area contributed by atoms with E-state index in [0.717, 1.165) is 22.6 Å². The van der Waals surface area contributed by atoms with Gasteiger partial charge in [0.1, 0.15) is 5.82 Å². The van der Waals surface area contributed by atoms with Crippen LogP contribution in [0.4, 0.5) is 0 Å². The molecular formula is C12H8Cl3N3S. The van der Waals surface area contributed by atoms with Gasteiger partial charge < -0.3 is 4.57 Å². The predicted octanol–water partition coefficient (Wildman–Crippen LogP) is 4.59. The van der Waals surface area contributed by atoms with Crippen LogP contribution in [0.5, 0.6) is 0 Å². The highest BCUT2D eigenvalue weighted by Gasteiger charge is 2.13. The molecule has 0 bridgehead atoms. The van der Waals surface area contributed by atoms with Gasteiger partial charge in [0.25, 0.3) is 0 Å². The molecule has 19 heavy (non-hydrogen) atoms. The molecule has 98 valence electrons. The molecule has 3 rings (SSSR count). The maximum atomic E-state index is 6.07. The normalized spacial score (nSPS) is 11.3. The first kappa shape index (κ1) is 13.2. The molecule has 0 aliphatic carbocycles. The van der Waals surface area contributed by atoms with Crippen LogP contribution >= 0.6 is 46.1 Å². The average Bonchev–Trinajstić information content (AvgIpc) is 3.00. The Morgan fingerprint density at radius 2 is 2.00 bits per heavy atom. The van der Waals surface area contributed by atoms with Gasteiger partial charge in [0.15, 0.2) is 0 Å². The van der Waals surface area contributed by atoms with Crippen molar-refractivity contribution in [2.75, 3.05) is 0 Å². The quantitative estimate of drug-likeness (QED) is 0.657. The van der Waals surface area contributed by atoms with Gasteiger partial charge in [-0.05, 0) is 12.1 Å². The highest BCUT2D eigenvalue weighted by molar-refractivity contribution is 7.07. The number of thiazole rings is 1. The largest absolute Gasteiger partial charge is 0.321 e. The number of rotatable bonds is 3. The number of imidazole rings is 1. The molecule has 0 radical (unpaired) electrons. The van der Waals surface area contributed by atoms with Crippen LogP contribution in [0.1, 0.15) is 11.5 Å². The lowest BCUT2D eigenvalue weighted by atomic mass is 10.3. The van der Waals surface area contributed by atoms with Gasteiger partial charge in [0.2, 0.25) is 0 Å². The summed E-state index contributed by atoms with van der Waals surface area (Å²) < 4.78 is 2.01. The second-order valence-corrected chi connectivity index (χ2v) is 5.78. The van der Waals surface area contributed by atoms with E-state index in [2.05, 4.69) is 9.97 Å². The standard InChI is InChI=1S/C12H8Cl3N3S/c13-3-12-17-10-1-8(14)9(15)2-11(10)18(12)4-7-5-19-6-16-7/h1-2,5-6H,3-4H2. The van der Waals surface area contributed by atoms with Crippen molar-refractivity contribution in [3.8, 4) is 0 Å². The highest BCUT2D eigenvalue weighted by Crippen LogP contribution is 2.29. The van der Waals surface area contributed by atoms with Gasteiger partial charge in [-0.15, -0.1) is 22.9 Å². The maximum absolute atomic E-state index is 6.07. The van der Waals surface area contributed by atoms with Crippen molar-refractivity contribution in [1.29, 1.82) is 0 Å². The molecule has 0 N–H and O–H groups in total. The molecule has 1 aromatic carbocycles. The molecule has 0 saturated carbocycles. The van der Waals surface area contributed by atoms with Gasteiger partial charge in [-0.2, -0.15) is 0 Å². The number of alkyl halides is 1. The van der Waals surface area contributed by atoms with E-state index in [0.29, 0.717) is 22.5 Å². The molecule has 0 aliphatic heterocycles. The zero-order valence-electron chi connectivity index (χ0n) is 9.61. The summed E-state index contributed by atoms with van der Waals surface area (Å²) in [6.07, 6.45) is 0. The Morgan fingerprint density at radius 3 is 2.68 bits per heavy atom. The number of fused-ring (bicyclic) bond motifs is 1. The zero-order chi connectivity index (χ0) is 13.4. The molecule has 7 heteroatoms. The van der Waals surface area contributed by atoms with E-state index in [-0.39, 0.29) is 0 Å². The summed E-state index contributed by atoms with van der Waals surface area (Å²) in [5.74, 6) is 1.11. The van der Waals surface area contributed by atoms with Gasteiger partial charge in [-0.3, -0.25) is 0 Å². The maximum Gasteiger partial charge on any atom is 0.125 e. The van der Waals surface area contributed by atoms with Crippen LogP contribution in [-0.4, -0.2) is 14.5 Å². The van der Waals surface area contributed by atoms with Crippen LogP contribution in [0.15, 0.2) is 23.0 Å². The molecule has 0 spiro atoms. The summed E-state index contributed by atoms with van der Waals surface area (Å²) in [4.78, 5) is 8.76. The molecular weight excluding hydrogens is 325 g/mol. The van der Waals surface area contributed by atoms with Gasteiger partial charge in [-0.25, -0.2) is 9.97 Å². The van der Waals surface area contributed by atoms with E-state index < -0.39 is 0 Å². The Labute approximate surface area is 128 Å². The third kappa shape index (κ3) is 2.46. The molecule has 2 aromatic heterocycles. The second kappa shape index (κ2) is 5.29. The number of hydrogen-bond donors (Lipinski definition) is 0. The van der Waals surface area contributed by atoms with Crippen molar-refractivity contribution in [2.24, 2.45) is 0 Å². The zero-order valence-corrected chi connectivity index (χ0v) is 12.7. The minimum absolute atomic E-state index is 0.327. The van der Waals surface area contributed by atoms with Gasteiger partial charge in [0.05, 0.1) is 44.7 Å². The third-order valence-electron chi connectivity index (χ3n) is 2.79. The molecule has 0 unspecified atom stereocenters. The molecule has 3 aromatic rings. The van der Waals surface area contributed by atoms with Gasteiger partial charge in [-0.1, -0.05) is 23.2 Å². The first-order valence-corrected chi connectivity index (χ1v) is 7.69. The topological polar surface area (TPSA) is 30.7 Å². The molecule has 3 nitrogen and oxygen atoms in total. The molecule has 0 atom stereocenters. The van der Waals surface area contributed by atoms with Crippen molar-refractivity contribution < 1.29 is 0 Å². The van der Waals surface area contributed by atoms with Crippen molar-refractivity contribution in [2.45, 2.75) is 12.4 Å². The SMILES string of the molecule is ClCc1nc2cc(Cl)c(Cl)cc2n1Cc1cscn1. The second-order valence-electron chi connectivity index (χ2n) is 3.98. The van der Waals surface area contributed by atoms with Crippen molar-refractivity contribution >= 4 is 57.2 Å². The van der Waals surface area contributed by atoms with Crippen molar-refractivity contribution in [3.05, 3.63) is 44.6 Å². The molecule has 0 amide bonds. The van der Waals surface area contributed by atoms with E-state index in [1.54, 1.807) is 22.9 Å². The van der Waals surface area contributed by atoms with Crippen molar-refractivity contribution in [1.82, 2.24) is 14.5 Å². The number of hydrogen-bond acceptors (Lipinski definition) is 3. The fourth-order valence-corrected chi connectivity index (χ4v) is 3.00. The average molecular weight is 333 g/mol. The number of aromatic nitrogens is 3. The summed E-state index contributed by atoms with van der Waals surface area (Å²) in [5.41, 5.74) is 4.48. The lowest BCUT2D eigenvalue weighted by Gasteiger charge is -2.06. The summed E-state index contributed by atoms with van der Waals surface area (Å²) in [7, 11) is 0. The summed E-state index contributed by atoms with van der Waals surface area (Å²) in [6, 6.07) is 3.57. The Hall–Kier alpha value is -0.810. The minimum Gasteiger partial charge on any atom is -0.321 e. The Balaban J connectivity index is 2.17. The molecule has 2 heterocycles. The van der Waals surface area contributed by atoms with Gasteiger partial charge >= 0.3 is 0 Å². The van der Waals surface area contributed by atoms with E-state index in [1.165, 1.54) is 0 Å². The van der Waals surface area contributed by atoms with Crippen LogP contribution in [0, 0.1) is 0 Å². The number of benzene rings is 1. The summed E-state index contributed by atoms with van der Waals surface area (Å²) in [6.45, 7) is 0.625. The van der Waals surface area contributed by atoms with E-state index in [1.807, 2.05) is 16.0 Å². The highest BCUT2D eigenvalue weighted by atomic mass is 35.5. The smallest absolute Gasteiger partial charge is 0.125 e. The fourth-order valence-electron chi connectivity index (χ4n) is 1.93. The van der Waals surface area contributed by atoms with E-state index in [9.17, 15) is 0 Å². The number of halogens is 3. The van der Waals surface area contributed by atoms with Gasteiger partial charge in [0, 0.05) is 5.38 Å². The third-order valence-corrected chi connectivity index (χ3v) is 4.39. The summed E-state index contributed by atoms with van der Waals surface area (Å²) in [5, 5.41) is 3.00. The first-order chi connectivity index (χ1) is 9.19. The Morgan fingerprint density at radius 1 is 1.21 bits per heavy atom. The Kier molecular flexibility index (Phi) is 3.67. The number of nitrogens with zero attached hydrogens (tertiary/aromatic N) is 3. The summed E-state index contributed by atoms with van der Waals surface area (Å²) >= 11 is 19.6. The van der Waals surface area contributed by atoms with Crippen LogP contribution in [-0.2, 0) is 12.4 Å². The first-order valence-electron chi connectivity index (χ1n) is 5.46. The molecule has 0 aliphatic rings. The van der Waals surface area contributed by atoms with Crippen LogP contribution in [0.2, 0.25) is 10.0 Å². The predicted molar refractivity (Wildman–Crippen MR) is 80.5 cm³/mol. The van der Waals surface area contributed by atoms with Crippen LogP contribution in [0.3, 0.4) is 0 Å². The van der Waals surface area contributed by atoms with Crippen molar-refractivity contribution in [3.63, 3.8) is 0 Å². The monoisotopic (exact) mass is 331 g/mol. The Bertz CT molecular complexity index is 721. The lowest BCUT2D eigenvalue weighted by Crippen LogP contribution is -2.04. The minimum atomic E-state index is 0.327. The van der Waals surface area contributed by atoms with E-state index >= 15 is 0 Å². The van der Waals surface area contributed by atoms with E-state index in [4.69, 9.17) is 34.8 Å². The molecule has 0 saturated heterocycles. The molecule has 0 fully saturated rings.